The topological polar surface area (TPSA) is 26.0 Å². The van der Waals surface area contributed by atoms with Gasteiger partial charge in [0.2, 0.25) is 0 Å². The van der Waals surface area contributed by atoms with E-state index in [1.54, 1.807) is 0 Å². The summed E-state index contributed by atoms with van der Waals surface area (Å²) in [6, 6.07) is 6.05. The molecule has 13 heavy (non-hydrogen) atoms. The molecule has 0 heterocycles. The third kappa shape index (κ3) is 3.77. The van der Waals surface area contributed by atoms with E-state index in [1.807, 2.05) is 23.9 Å². The lowest BCUT2D eigenvalue weighted by Crippen LogP contribution is -2.07. The van der Waals surface area contributed by atoms with Crippen molar-refractivity contribution in [1.29, 1.82) is 0 Å². The van der Waals surface area contributed by atoms with Crippen LogP contribution in [0.1, 0.15) is 20.8 Å². The van der Waals surface area contributed by atoms with Gasteiger partial charge in [0.05, 0.1) is 0 Å². The molecule has 1 rings (SSSR count). The van der Waals surface area contributed by atoms with Crippen molar-refractivity contribution in [3.8, 4) is 0 Å². The molecular formula is C10H14INS. The highest BCUT2D eigenvalue weighted by Crippen LogP contribution is 2.35. The Hall–Kier alpha value is 0.100. The SMILES string of the molecule is CC(C)(C)Sc1ccc(N)cc1I. The van der Waals surface area contributed by atoms with Crippen molar-refractivity contribution in [2.75, 3.05) is 5.73 Å². The number of anilines is 1. The minimum atomic E-state index is 0.260. The predicted molar refractivity (Wildman–Crippen MR) is 69.2 cm³/mol. The molecule has 0 aliphatic heterocycles. The fourth-order valence-corrected chi connectivity index (χ4v) is 2.75. The first kappa shape index (κ1) is 11.2. The van der Waals surface area contributed by atoms with Gasteiger partial charge in [0.25, 0.3) is 0 Å². The molecule has 0 aliphatic carbocycles. The molecule has 1 aromatic carbocycles. The minimum Gasteiger partial charge on any atom is -0.399 e. The van der Waals surface area contributed by atoms with Crippen LogP contribution in [-0.2, 0) is 0 Å². The molecule has 0 bridgehead atoms. The largest absolute Gasteiger partial charge is 0.399 e. The normalized spacial score (nSPS) is 11.7. The second-order valence-corrected chi connectivity index (χ2v) is 6.94. The van der Waals surface area contributed by atoms with Gasteiger partial charge < -0.3 is 5.73 Å². The molecule has 0 aliphatic rings. The lowest BCUT2D eigenvalue weighted by molar-refractivity contribution is 0.802. The van der Waals surface area contributed by atoms with Crippen LogP contribution in [0, 0.1) is 3.57 Å². The van der Waals surface area contributed by atoms with Gasteiger partial charge >= 0.3 is 0 Å². The van der Waals surface area contributed by atoms with Gasteiger partial charge in [-0.1, -0.05) is 20.8 Å². The highest BCUT2D eigenvalue weighted by Gasteiger charge is 2.13. The van der Waals surface area contributed by atoms with Crippen molar-refractivity contribution in [2.24, 2.45) is 0 Å². The standard InChI is InChI=1S/C10H14INS/c1-10(2,3)13-9-5-4-7(12)6-8(9)11/h4-6H,12H2,1-3H3. The fraction of sp³-hybridized carbons (Fsp3) is 0.400. The van der Waals surface area contributed by atoms with E-state index in [0.717, 1.165) is 5.69 Å². The maximum absolute atomic E-state index is 5.68. The van der Waals surface area contributed by atoms with E-state index >= 15 is 0 Å². The van der Waals surface area contributed by atoms with Crippen LogP contribution in [0.4, 0.5) is 5.69 Å². The van der Waals surface area contributed by atoms with Gasteiger partial charge in [0.1, 0.15) is 0 Å². The molecular weight excluding hydrogens is 293 g/mol. The summed E-state index contributed by atoms with van der Waals surface area (Å²) in [4.78, 5) is 1.31. The van der Waals surface area contributed by atoms with E-state index < -0.39 is 0 Å². The molecule has 0 aromatic heterocycles. The Morgan fingerprint density at radius 2 is 1.92 bits per heavy atom. The molecule has 0 saturated heterocycles. The second kappa shape index (κ2) is 4.09. The Kier molecular flexibility index (Phi) is 3.51. The maximum atomic E-state index is 5.68. The third-order valence-electron chi connectivity index (χ3n) is 1.37. The van der Waals surface area contributed by atoms with Gasteiger partial charge in [0, 0.05) is 18.9 Å². The van der Waals surface area contributed by atoms with Gasteiger partial charge in [-0.05, 0) is 40.8 Å². The Labute approximate surface area is 97.6 Å². The first-order chi connectivity index (χ1) is 5.88. The Balaban J connectivity index is 2.90. The lowest BCUT2D eigenvalue weighted by Gasteiger charge is -2.18. The van der Waals surface area contributed by atoms with Crippen molar-refractivity contribution in [1.82, 2.24) is 0 Å². The van der Waals surface area contributed by atoms with Crippen molar-refractivity contribution in [3.05, 3.63) is 21.8 Å². The van der Waals surface area contributed by atoms with Gasteiger partial charge in [-0.2, -0.15) is 0 Å². The van der Waals surface area contributed by atoms with E-state index in [9.17, 15) is 0 Å². The zero-order valence-corrected chi connectivity index (χ0v) is 11.1. The van der Waals surface area contributed by atoms with Gasteiger partial charge in [0.15, 0.2) is 0 Å². The summed E-state index contributed by atoms with van der Waals surface area (Å²) >= 11 is 4.20. The summed E-state index contributed by atoms with van der Waals surface area (Å²) in [5, 5.41) is 0. The summed E-state index contributed by atoms with van der Waals surface area (Å²) in [7, 11) is 0. The molecule has 0 amide bonds. The van der Waals surface area contributed by atoms with Crippen molar-refractivity contribution < 1.29 is 0 Å². The summed E-state index contributed by atoms with van der Waals surface area (Å²) in [6.45, 7) is 6.64. The average Bonchev–Trinajstić information content (AvgIpc) is 1.93. The lowest BCUT2D eigenvalue weighted by atomic mass is 10.3. The van der Waals surface area contributed by atoms with Crippen LogP contribution in [0.5, 0.6) is 0 Å². The Morgan fingerprint density at radius 3 is 2.38 bits per heavy atom. The van der Waals surface area contributed by atoms with E-state index in [-0.39, 0.29) is 4.75 Å². The third-order valence-corrected chi connectivity index (χ3v) is 3.82. The monoisotopic (exact) mass is 307 g/mol. The molecule has 1 nitrogen and oxygen atoms in total. The average molecular weight is 307 g/mol. The van der Waals surface area contributed by atoms with Crippen LogP contribution in [0.2, 0.25) is 0 Å². The van der Waals surface area contributed by atoms with Crippen LogP contribution in [-0.4, -0.2) is 4.75 Å². The summed E-state index contributed by atoms with van der Waals surface area (Å²) in [5.74, 6) is 0. The Bertz CT molecular complexity index is 304. The predicted octanol–water partition coefficient (Wildman–Crippen LogP) is 3.76. The van der Waals surface area contributed by atoms with Crippen molar-refractivity contribution >= 4 is 40.0 Å². The highest BCUT2D eigenvalue weighted by molar-refractivity contribution is 14.1. The number of hydrogen-bond donors (Lipinski definition) is 1. The van der Waals surface area contributed by atoms with E-state index in [2.05, 4.69) is 49.4 Å². The summed E-state index contributed by atoms with van der Waals surface area (Å²) < 4.78 is 1.49. The van der Waals surface area contributed by atoms with Crippen LogP contribution in [0.25, 0.3) is 0 Å². The Morgan fingerprint density at radius 1 is 1.31 bits per heavy atom. The number of nitrogens with two attached hydrogens (primary N) is 1. The molecule has 0 fully saturated rings. The number of nitrogen functional groups attached to an aromatic ring is 1. The highest BCUT2D eigenvalue weighted by atomic mass is 127. The molecule has 0 atom stereocenters. The second-order valence-electron chi connectivity index (χ2n) is 3.90. The van der Waals surface area contributed by atoms with Crippen LogP contribution >= 0.6 is 34.4 Å². The molecule has 0 unspecified atom stereocenters. The number of benzene rings is 1. The molecule has 0 saturated carbocycles. The molecule has 72 valence electrons. The zero-order chi connectivity index (χ0) is 10.1. The van der Waals surface area contributed by atoms with Gasteiger partial charge in [-0.3, -0.25) is 0 Å². The molecule has 0 radical (unpaired) electrons. The summed E-state index contributed by atoms with van der Waals surface area (Å²) in [5.41, 5.74) is 6.51. The zero-order valence-electron chi connectivity index (χ0n) is 8.10. The van der Waals surface area contributed by atoms with E-state index in [1.165, 1.54) is 8.47 Å². The van der Waals surface area contributed by atoms with Crippen LogP contribution in [0.15, 0.2) is 23.1 Å². The van der Waals surface area contributed by atoms with E-state index in [4.69, 9.17) is 5.73 Å². The smallest absolute Gasteiger partial charge is 0.0325 e. The molecule has 2 N–H and O–H groups in total. The van der Waals surface area contributed by atoms with Crippen molar-refractivity contribution in [2.45, 2.75) is 30.4 Å². The quantitative estimate of drug-likeness (QED) is 0.485. The molecule has 3 heteroatoms. The first-order valence-electron chi connectivity index (χ1n) is 4.12. The maximum Gasteiger partial charge on any atom is 0.0325 e. The summed E-state index contributed by atoms with van der Waals surface area (Å²) in [6.07, 6.45) is 0. The number of hydrogen-bond acceptors (Lipinski definition) is 2. The van der Waals surface area contributed by atoms with Crippen LogP contribution in [0.3, 0.4) is 0 Å². The number of rotatable bonds is 1. The van der Waals surface area contributed by atoms with Gasteiger partial charge in [-0.25, -0.2) is 0 Å². The molecule has 1 aromatic rings. The van der Waals surface area contributed by atoms with Crippen molar-refractivity contribution in [3.63, 3.8) is 0 Å². The minimum absolute atomic E-state index is 0.260. The fourth-order valence-electron chi connectivity index (χ4n) is 0.930. The van der Waals surface area contributed by atoms with E-state index in [0.29, 0.717) is 0 Å². The van der Waals surface area contributed by atoms with Crippen LogP contribution < -0.4 is 5.73 Å². The first-order valence-corrected chi connectivity index (χ1v) is 6.02. The number of halogens is 1. The van der Waals surface area contributed by atoms with Gasteiger partial charge in [-0.15, -0.1) is 11.8 Å². The molecule has 0 spiro atoms. The number of thioether (sulfide) groups is 1.